The molecule has 3 aliphatic heterocycles. The third kappa shape index (κ3) is 4.72. The summed E-state index contributed by atoms with van der Waals surface area (Å²) in [5.41, 5.74) is 5.89. The number of hydrogen-bond donors (Lipinski definition) is 1. The van der Waals surface area contributed by atoms with Gasteiger partial charge in [-0.15, -0.1) is 11.8 Å². The van der Waals surface area contributed by atoms with Crippen LogP contribution in [0.5, 0.6) is 0 Å². The summed E-state index contributed by atoms with van der Waals surface area (Å²) >= 11 is 1.67. The summed E-state index contributed by atoms with van der Waals surface area (Å²) in [6.07, 6.45) is -1.40. The number of aliphatic imine (C=N–C) groups is 1. The molecule has 200 valence electrons. The summed E-state index contributed by atoms with van der Waals surface area (Å²) < 4.78 is 15.1. The maximum absolute atomic E-state index is 15.1. The first-order valence-electron chi connectivity index (χ1n) is 13.1. The number of fused-ring (bicyclic) bond motifs is 1. The first-order valence-corrected chi connectivity index (χ1v) is 14.0. The van der Waals surface area contributed by atoms with Crippen molar-refractivity contribution in [1.29, 1.82) is 0 Å². The lowest BCUT2D eigenvalue weighted by atomic mass is 10.00. The normalized spacial score (nSPS) is 25.3. The number of rotatable bonds is 6. The van der Waals surface area contributed by atoms with Gasteiger partial charge < -0.3 is 15.1 Å². The summed E-state index contributed by atoms with van der Waals surface area (Å²) in [5.74, 6) is -1.36. The number of alkyl halides is 1. The molecule has 0 aliphatic carbocycles. The summed E-state index contributed by atoms with van der Waals surface area (Å²) in [6, 6.07) is 11.3. The van der Waals surface area contributed by atoms with Gasteiger partial charge in [0.25, 0.3) is 5.91 Å². The maximum atomic E-state index is 15.1. The minimum Gasteiger partial charge on any atom is -0.326 e. The number of anilines is 1. The van der Waals surface area contributed by atoms with Crippen molar-refractivity contribution < 1.29 is 18.8 Å². The van der Waals surface area contributed by atoms with E-state index in [0.29, 0.717) is 17.8 Å². The predicted molar refractivity (Wildman–Crippen MR) is 148 cm³/mol. The van der Waals surface area contributed by atoms with E-state index < -0.39 is 24.2 Å². The van der Waals surface area contributed by atoms with Crippen molar-refractivity contribution in [3.63, 3.8) is 0 Å². The second kappa shape index (κ2) is 10.5. The highest BCUT2D eigenvalue weighted by molar-refractivity contribution is 8.12. The first kappa shape index (κ1) is 26.4. The van der Waals surface area contributed by atoms with E-state index in [2.05, 4.69) is 17.2 Å². The minimum atomic E-state index is -1.48. The van der Waals surface area contributed by atoms with Crippen molar-refractivity contribution in [2.45, 2.75) is 70.2 Å². The molecule has 1 N–H and O–H groups in total. The molecule has 38 heavy (non-hydrogen) atoms. The monoisotopic (exact) mass is 536 g/mol. The standard InChI is InChI=1S/C29H33FN4O3S/c1-16(2)24(34-14-20-7-5-6-8-21(20)28(34)36)29(37)33-12-11-22(30)25(33)27(35)32-23-10-9-19(13-17(23)3)26-18(4)31-15-38-26/h5-10,13,15-16,18,22,24-26H,11-12,14H2,1-4H3,(H,32,35)/t18?,22-,24?,25-,26?/m0/s1. The van der Waals surface area contributed by atoms with Crippen LogP contribution in [0.15, 0.2) is 47.5 Å². The number of aryl methyl sites for hydroxylation is 1. The number of amides is 3. The molecule has 0 bridgehead atoms. The Hall–Kier alpha value is -3.20. The summed E-state index contributed by atoms with van der Waals surface area (Å²) in [7, 11) is 0. The van der Waals surface area contributed by atoms with Crippen LogP contribution in [0, 0.1) is 12.8 Å². The van der Waals surface area contributed by atoms with Gasteiger partial charge in [-0.3, -0.25) is 19.4 Å². The number of hydrogen-bond acceptors (Lipinski definition) is 5. The predicted octanol–water partition coefficient (Wildman–Crippen LogP) is 4.76. The molecule has 5 atom stereocenters. The van der Waals surface area contributed by atoms with E-state index in [1.165, 1.54) is 4.90 Å². The second-order valence-corrected chi connectivity index (χ2v) is 11.7. The second-order valence-electron chi connectivity index (χ2n) is 10.7. The van der Waals surface area contributed by atoms with E-state index in [-0.39, 0.29) is 42.0 Å². The van der Waals surface area contributed by atoms with Crippen LogP contribution in [0.4, 0.5) is 10.1 Å². The SMILES string of the molecule is Cc1cc(C2SC=NC2C)ccc1NC(=O)[C@@H]1[C@@H](F)CCN1C(=O)C(C(C)C)N1Cc2ccccc2C1=O. The van der Waals surface area contributed by atoms with Gasteiger partial charge in [-0.25, -0.2) is 4.39 Å². The van der Waals surface area contributed by atoms with Crippen molar-refractivity contribution in [2.75, 3.05) is 11.9 Å². The molecule has 3 amide bonds. The number of halogens is 1. The maximum Gasteiger partial charge on any atom is 0.255 e. The first-order chi connectivity index (χ1) is 18.2. The lowest BCUT2D eigenvalue weighted by Gasteiger charge is -2.35. The Morgan fingerprint density at radius 1 is 1.18 bits per heavy atom. The van der Waals surface area contributed by atoms with Gasteiger partial charge in [0.05, 0.1) is 16.8 Å². The van der Waals surface area contributed by atoms with E-state index in [9.17, 15) is 14.4 Å². The van der Waals surface area contributed by atoms with Gasteiger partial charge in [0.15, 0.2) is 0 Å². The van der Waals surface area contributed by atoms with Crippen LogP contribution in [-0.2, 0) is 16.1 Å². The zero-order valence-corrected chi connectivity index (χ0v) is 22.9. The highest BCUT2D eigenvalue weighted by atomic mass is 32.2. The van der Waals surface area contributed by atoms with E-state index in [1.807, 2.05) is 56.6 Å². The van der Waals surface area contributed by atoms with Crippen LogP contribution in [0.1, 0.15) is 59.5 Å². The van der Waals surface area contributed by atoms with Crippen LogP contribution in [0.3, 0.4) is 0 Å². The molecule has 1 saturated heterocycles. The molecular weight excluding hydrogens is 503 g/mol. The number of nitrogens with one attached hydrogen (secondary N) is 1. The molecule has 3 heterocycles. The molecule has 0 aromatic heterocycles. The fourth-order valence-electron chi connectivity index (χ4n) is 5.71. The van der Waals surface area contributed by atoms with Crippen LogP contribution in [0.2, 0.25) is 0 Å². The van der Waals surface area contributed by atoms with Crippen molar-refractivity contribution in [3.05, 3.63) is 64.7 Å². The summed E-state index contributed by atoms with van der Waals surface area (Å²) in [5, 5.41) is 3.09. The zero-order valence-electron chi connectivity index (χ0n) is 22.1. The number of carbonyl (C=O) groups is 3. The molecule has 2 aromatic carbocycles. The van der Waals surface area contributed by atoms with Gasteiger partial charge in [-0.2, -0.15) is 0 Å². The fourth-order valence-corrected chi connectivity index (χ4v) is 6.71. The lowest BCUT2D eigenvalue weighted by molar-refractivity contribution is -0.143. The highest BCUT2D eigenvalue weighted by Crippen LogP contribution is 2.38. The zero-order chi connectivity index (χ0) is 27.1. The third-order valence-corrected chi connectivity index (χ3v) is 8.93. The van der Waals surface area contributed by atoms with Gasteiger partial charge >= 0.3 is 0 Å². The minimum absolute atomic E-state index is 0.0809. The average molecular weight is 537 g/mol. The van der Waals surface area contributed by atoms with E-state index >= 15 is 4.39 Å². The Balaban J connectivity index is 1.34. The van der Waals surface area contributed by atoms with Crippen LogP contribution in [-0.4, -0.2) is 63.9 Å². The molecule has 3 unspecified atom stereocenters. The van der Waals surface area contributed by atoms with Gasteiger partial charge in [-0.05, 0) is 55.0 Å². The fraction of sp³-hybridized carbons (Fsp3) is 0.448. The molecule has 5 rings (SSSR count). The Kier molecular flexibility index (Phi) is 7.31. The van der Waals surface area contributed by atoms with Crippen LogP contribution in [0.25, 0.3) is 0 Å². The third-order valence-electron chi connectivity index (χ3n) is 7.72. The average Bonchev–Trinajstić information content (AvgIpc) is 3.57. The van der Waals surface area contributed by atoms with Crippen LogP contribution >= 0.6 is 11.8 Å². The number of carbonyl (C=O) groups excluding carboxylic acids is 3. The Bertz CT molecular complexity index is 1300. The molecule has 0 saturated carbocycles. The molecule has 9 heteroatoms. The highest BCUT2D eigenvalue weighted by Gasteiger charge is 2.47. The van der Waals surface area contributed by atoms with E-state index in [4.69, 9.17) is 0 Å². The van der Waals surface area contributed by atoms with Crippen molar-refractivity contribution in [3.8, 4) is 0 Å². The van der Waals surface area contributed by atoms with Crippen molar-refractivity contribution in [2.24, 2.45) is 10.9 Å². The number of benzene rings is 2. The summed E-state index contributed by atoms with van der Waals surface area (Å²) in [4.78, 5) is 47.7. The Labute approximate surface area is 226 Å². The molecular formula is C29H33FN4O3S. The lowest BCUT2D eigenvalue weighted by Crippen LogP contribution is -2.55. The van der Waals surface area contributed by atoms with Crippen molar-refractivity contribution in [1.82, 2.24) is 9.80 Å². The quantitative estimate of drug-likeness (QED) is 0.577. The molecule has 3 aliphatic rings. The Morgan fingerprint density at radius 3 is 2.61 bits per heavy atom. The number of nitrogens with zero attached hydrogens (tertiary/aromatic N) is 3. The van der Waals surface area contributed by atoms with Crippen molar-refractivity contribution >= 4 is 40.7 Å². The van der Waals surface area contributed by atoms with Gasteiger partial charge in [0, 0.05) is 24.3 Å². The topological polar surface area (TPSA) is 82.1 Å². The number of thioether (sulfide) groups is 1. The van der Waals surface area contributed by atoms with E-state index in [0.717, 1.165) is 16.7 Å². The smallest absolute Gasteiger partial charge is 0.255 e. The molecule has 1 fully saturated rings. The van der Waals surface area contributed by atoms with Crippen LogP contribution < -0.4 is 5.32 Å². The molecule has 0 radical (unpaired) electrons. The van der Waals surface area contributed by atoms with Gasteiger partial charge in [-0.1, -0.05) is 44.2 Å². The molecule has 0 spiro atoms. The largest absolute Gasteiger partial charge is 0.326 e. The van der Waals surface area contributed by atoms with Gasteiger partial charge in [0.2, 0.25) is 11.8 Å². The summed E-state index contributed by atoms with van der Waals surface area (Å²) in [6.45, 7) is 8.16. The van der Waals surface area contributed by atoms with Gasteiger partial charge in [0.1, 0.15) is 18.3 Å². The molecule has 7 nitrogen and oxygen atoms in total. The Morgan fingerprint density at radius 2 is 1.95 bits per heavy atom. The number of likely N-dealkylation sites (tertiary alicyclic amines) is 1. The van der Waals surface area contributed by atoms with E-state index in [1.54, 1.807) is 28.8 Å². The molecule has 2 aromatic rings.